The number of aromatic nitrogens is 5. The summed E-state index contributed by atoms with van der Waals surface area (Å²) < 4.78 is 1.57. The van der Waals surface area contributed by atoms with Crippen LogP contribution in [0.1, 0.15) is 32.6 Å². The number of carbonyl (C=O) groups is 1. The van der Waals surface area contributed by atoms with Gasteiger partial charge in [0.05, 0.1) is 11.4 Å². The van der Waals surface area contributed by atoms with Crippen molar-refractivity contribution >= 4 is 34.1 Å². The van der Waals surface area contributed by atoms with Crippen molar-refractivity contribution in [2.24, 2.45) is 7.05 Å². The Balaban J connectivity index is 1.71. The number of thioether (sulfide) groups is 1. The van der Waals surface area contributed by atoms with Crippen LogP contribution < -0.4 is 4.90 Å². The first kappa shape index (κ1) is 20.5. The first-order chi connectivity index (χ1) is 13.7. The van der Waals surface area contributed by atoms with Gasteiger partial charge in [0.1, 0.15) is 0 Å². The third-order valence-electron chi connectivity index (χ3n) is 4.23. The first-order valence-corrected chi connectivity index (χ1v) is 11.2. The van der Waals surface area contributed by atoms with Gasteiger partial charge in [0.15, 0.2) is 5.13 Å². The van der Waals surface area contributed by atoms with Crippen molar-refractivity contribution in [2.75, 3.05) is 17.2 Å². The van der Waals surface area contributed by atoms with Crippen LogP contribution in [-0.2, 0) is 11.8 Å². The highest BCUT2D eigenvalue weighted by Crippen LogP contribution is 2.28. The number of amides is 1. The molecule has 0 N–H and O–H groups in total. The minimum atomic E-state index is 0.0264. The zero-order chi connectivity index (χ0) is 19.8. The quantitative estimate of drug-likeness (QED) is 0.367. The molecular formula is C19H24N6OS2. The van der Waals surface area contributed by atoms with E-state index in [1.165, 1.54) is 35.9 Å². The maximum Gasteiger partial charge on any atom is 0.239 e. The molecule has 0 aliphatic heterocycles. The molecule has 0 bridgehead atoms. The zero-order valence-corrected chi connectivity index (χ0v) is 17.7. The first-order valence-electron chi connectivity index (χ1n) is 9.35. The number of hydrogen-bond donors (Lipinski definition) is 0. The topological polar surface area (TPSA) is 76.8 Å². The SMILES string of the molecule is CCCCCCN(C(=O)CSc1nnnn1C)c1nc(-c2ccccc2)cs1. The Bertz CT molecular complexity index is 879. The van der Waals surface area contributed by atoms with E-state index in [4.69, 9.17) is 4.98 Å². The largest absolute Gasteiger partial charge is 0.287 e. The van der Waals surface area contributed by atoms with Crippen LogP contribution in [0.4, 0.5) is 5.13 Å². The number of nitrogens with zero attached hydrogens (tertiary/aromatic N) is 6. The van der Waals surface area contributed by atoms with Crippen molar-refractivity contribution in [2.45, 2.75) is 37.8 Å². The number of thiazole rings is 1. The highest BCUT2D eigenvalue weighted by molar-refractivity contribution is 7.99. The number of rotatable bonds is 10. The van der Waals surface area contributed by atoms with E-state index in [1.807, 2.05) is 40.6 Å². The fourth-order valence-electron chi connectivity index (χ4n) is 2.70. The maximum atomic E-state index is 13.0. The molecule has 0 radical (unpaired) electrons. The van der Waals surface area contributed by atoms with Crippen LogP contribution in [0.2, 0.25) is 0 Å². The van der Waals surface area contributed by atoms with Gasteiger partial charge >= 0.3 is 0 Å². The summed E-state index contributed by atoms with van der Waals surface area (Å²) in [5, 5.41) is 14.7. The van der Waals surface area contributed by atoms with Gasteiger partial charge in [0.2, 0.25) is 11.1 Å². The average molecular weight is 417 g/mol. The number of carbonyl (C=O) groups excluding carboxylic acids is 1. The summed E-state index contributed by atoms with van der Waals surface area (Å²) in [6.45, 7) is 2.86. The zero-order valence-electron chi connectivity index (χ0n) is 16.1. The minimum Gasteiger partial charge on any atom is -0.287 e. The van der Waals surface area contributed by atoms with Crippen LogP contribution >= 0.6 is 23.1 Å². The lowest BCUT2D eigenvalue weighted by Gasteiger charge is -2.19. The molecule has 0 unspecified atom stereocenters. The van der Waals surface area contributed by atoms with Gasteiger partial charge in [-0.1, -0.05) is 68.3 Å². The van der Waals surface area contributed by atoms with E-state index >= 15 is 0 Å². The van der Waals surface area contributed by atoms with Gasteiger partial charge < -0.3 is 0 Å². The monoisotopic (exact) mass is 416 g/mol. The molecule has 28 heavy (non-hydrogen) atoms. The molecule has 2 aromatic heterocycles. The normalized spacial score (nSPS) is 10.9. The van der Waals surface area contributed by atoms with E-state index < -0.39 is 0 Å². The Labute approximate surface area is 173 Å². The molecule has 3 rings (SSSR count). The van der Waals surface area contributed by atoms with E-state index in [1.54, 1.807) is 11.7 Å². The summed E-state index contributed by atoms with van der Waals surface area (Å²) in [6.07, 6.45) is 4.42. The lowest BCUT2D eigenvalue weighted by molar-refractivity contribution is -0.116. The van der Waals surface area contributed by atoms with Gasteiger partial charge in [0, 0.05) is 24.5 Å². The average Bonchev–Trinajstić information content (AvgIpc) is 3.36. The Hall–Kier alpha value is -2.26. The molecule has 0 atom stereocenters. The summed E-state index contributed by atoms with van der Waals surface area (Å²) in [4.78, 5) is 19.5. The van der Waals surface area contributed by atoms with Crippen molar-refractivity contribution < 1.29 is 4.79 Å². The van der Waals surface area contributed by atoms with Gasteiger partial charge in [0.25, 0.3) is 0 Å². The summed E-state index contributed by atoms with van der Waals surface area (Å²) >= 11 is 2.85. The van der Waals surface area contributed by atoms with Gasteiger partial charge in [-0.05, 0) is 16.8 Å². The second kappa shape index (κ2) is 10.3. The van der Waals surface area contributed by atoms with Crippen LogP contribution in [0.5, 0.6) is 0 Å². The molecule has 3 aromatic rings. The number of aryl methyl sites for hydroxylation is 1. The van der Waals surface area contributed by atoms with E-state index in [0.29, 0.717) is 11.7 Å². The number of hydrogen-bond acceptors (Lipinski definition) is 7. The number of tetrazole rings is 1. The van der Waals surface area contributed by atoms with Crippen LogP contribution in [0.3, 0.4) is 0 Å². The molecule has 0 saturated carbocycles. The Morgan fingerprint density at radius 2 is 2.04 bits per heavy atom. The predicted molar refractivity (Wildman–Crippen MR) is 114 cm³/mol. The third kappa shape index (κ3) is 5.39. The molecule has 0 spiro atoms. The molecule has 0 saturated heterocycles. The molecule has 0 aliphatic carbocycles. The van der Waals surface area contributed by atoms with Crippen LogP contribution in [0.15, 0.2) is 40.9 Å². The standard InChI is InChI=1S/C19H24N6OS2/c1-3-4-5-9-12-25(17(26)14-28-19-21-22-23-24(19)2)18-20-16(13-27-18)15-10-7-6-8-11-15/h6-8,10-11,13H,3-5,9,12,14H2,1-2H3. The molecular weight excluding hydrogens is 392 g/mol. The summed E-state index contributed by atoms with van der Waals surface area (Å²) in [5.41, 5.74) is 1.96. The van der Waals surface area contributed by atoms with Crippen molar-refractivity contribution in [3.8, 4) is 11.3 Å². The Morgan fingerprint density at radius 3 is 2.75 bits per heavy atom. The summed E-state index contributed by atoms with van der Waals surface area (Å²) in [5.74, 6) is 0.306. The lowest BCUT2D eigenvalue weighted by Crippen LogP contribution is -2.33. The van der Waals surface area contributed by atoms with Crippen LogP contribution in [0.25, 0.3) is 11.3 Å². The van der Waals surface area contributed by atoms with Gasteiger partial charge in [-0.3, -0.25) is 9.69 Å². The predicted octanol–water partition coefficient (Wildman–Crippen LogP) is 4.04. The molecule has 2 heterocycles. The second-order valence-electron chi connectivity index (χ2n) is 6.36. The van der Waals surface area contributed by atoms with E-state index in [2.05, 4.69) is 22.4 Å². The summed E-state index contributed by atoms with van der Waals surface area (Å²) in [6, 6.07) is 10.0. The van der Waals surface area contributed by atoms with Crippen molar-refractivity contribution in [3.05, 3.63) is 35.7 Å². The summed E-state index contributed by atoms with van der Waals surface area (Å²) in [7, 11) is 1.77. The van der Waals surface area contributed by atoms with Crippen LogP contribution in [-0.4, -0.2) is 43.4 Å². The number of unbranched alkanes of at least 4 members (excludes halogenated alkanes) is 3. The third-order valence-corrected chi connectivity index (χ3v) is 6.09. The highest BCUT2D eigenvalue weighted by Gasteiger charge is 2.20. The highest BCUT2D eigenvalue weighted by atomic mass is 32.2. The smallest absolute Gasteiger partial charge is 0.239 e. The molecule has 148 valence electrons. The van der Waals surface area contributed by atoms with Crippen LogP contribution in [0, 0.1) is 0 Å². The van der Waals surface area contributed by atoms with Crippen molar-refractivity contribution in [3.63, 3.8) is 0 Å². The fraction of sp³-hybridized carbons (Fsp3) is 0.421. The van der Waals surface area contributed by atoms with Gasteiger partial charge in [-0.2, -0.15) is 0 Å². The van der Waals surface area contributed by atoms with E-state index in [0.717, 1.165) is 29.2 Å². The van der Waals surface area contributed by atoms with Crippen molar-refractivity contribution in [1.82, 2.24) is 25.2 Å². The lowest BCUT2D eigenvalue weighted by atomic mass is 10.2. The molecule has 7 nitrogen and oxygen atoms in total. The Morgan fingerprint density at radius 1 is 1.21 bits per heavy atom. The maximum absolute atomic E-state index is 13.0. The second-order valence-corrected chi connectivity index (χ2v) is 8.14. The Kier molecular flexibility index (Phi) is 7.55. The van der Waals surface area contributed by atoms with Crippen molar-refractivity contribution in [1.29, 1.82) is 0 Å². The van der Waals surface area contributed by atoms with E-state index in [9.17, 15) is 4.79 Å². The van der Waals surface area contributed by atoms with E-state index in [-0.39, 0.29) is 11.7 Å². The van der Waals surface area contributed by atoms with Gasteiger partial charge in [-0.15, -0.1) is 16.4 Å². The minimum absolute atomic E-state index is 0.0264. The fourth-order valence-corrected chi connectivity index (χ4v) is 4.30. The number of anilines is 1. The molecule has 9 heteroatoms. The van der Waals surface area contributed by atoms with Gasteiger partial charge in [-0.25, -0.2) is 9.67 Å². The number of benzene rings is 1. The molecule has 0 fully saturated rings. The molecule has 1 amide bonds. The molecule has 1 aromatic carbocycles. The molecule has 0 aliphatic rings.